The van der Waals surface area contributed by atoms with Gasteiger partial charge in [-0.15, -0.1) is 0 Å². The number of amides is 1. The van der Waals surface area contributed by atoms with Crippen LogP contribution in [0.1, 0.15) is 47.3 Å². The number of oxazole rings is 1. The maximum absolute atomic E-state index is 12.1. The van der Waals surface area contributed by atoms with Gasteiger partial charge in [0.15, 0.2) is 5.89 Å². The van der Waals surface area contributed by atoms with Gasteiger partial charge < -0.3 is 9.73 Å². The summed E-state index contributed by atoms with van der Waals surface area (Å²) >= 11 is 0. The molecular weight excluding hydrogens is 240 g/mol. The number of anilines is 1. The van der Waals surface area contributed by atoms with Crippen LogP contribution in [0.5, 0.6) is 0 Å². The Balaban J connectivity index is 2.31. The first-order valence-electron chi connectivity index (χ1n) is 6.32. The Bertz CT molecular complexity index is 600. The molecule has 2 rings (SSSR count). The molecule has 100 valence electrons. The Hall–Kier alpha value is -2.10. The molecule has 0 saturated carbocycles. The van der Waals surface area contributed by atoms with Crippen LogP contribution in [0.3, 0.4) is 0 Å². The number of aryl methyl sites for hydroxylation is 2. The molecule has 0 spiro atoms. The van der Waals surface area contributed by atoms with Crippen molar-refractivity contribution in [1.82, 2.24) is 4.98 Å². The minimum atomic E-state index is -0.267. The van der Waals surface area contributed by atoms with Crippen LogP contribution < -0.4 is 5.32 Å². The third-order valence-corrected chi connectivity index (χ3v) is 3.01. The van der Waals surface area contributed by atoms with E-state index in [-0.39, 0.29) is 11.7 Å². The summed E-state index contributed by atoms with van der Waals surface area (Å²) in [4.78, 5) is 16.0. The van der Waals surface area contributed by atoms with Gasteiger partial charge in [-0.1, -0.05) is 32.0 Å². The summed E-state index contributed by atoms with van der Waals surface area (Å²) < 4.78 is 5.23. The molecule has 0 aliphatic heterocycles. The molecule has 19 heavy (non-hydrogen) atoms. The summed E-state index contributed by atoms with van der Waals surface area (Å²) in [6.45, 7) is 7.89. The number of rotatable bonds is 3. The molecule has 1 N–H and O–H groups in total. The molecule has 0 fully saturated rings. The predicted molar refractivity (Wildman–Crippen MR) is 74.5 cm³/mol. The van der Waals surface area contributed by atoms with Crippen molar-refractivity contribution in [1.29, 1.82) is 0 Å². The van der Waals surface area contributed by atoms with Crippen molar-refractivity contribution >= 4 is 11.6 Å². The molecule has 4 heteroatoms. The van der Waals surface area contributed by atoms with Gasteiger partial charge in [-0.05, 0) is 24.0 Å². The number of aromatic nitrogens is 1. The fourth-order valence-electron chi connectivity index (χ4n) is 1.98. The number of benzene rings is 1. The molecule has 0 atom stereocenters. The van der Waals surface area contributed by atoms with Crippen LogP contribution in [-0.2, 0) is 0 Å². The van der Waals surface area contributed by atoms with Gasteiger partial charge in [0.2, 0.25) is 5.76 Å². The number of hydrogen-bond donors (Lipinski definition) is 1. The van der Waals surface area contributed by atoms with Crippen LogP contribution in [0.2, 0.25) is 0 Å². The SMILES string of the molecule is Cc1ncc(C(=O)Nc2c(C)cccc2C(C)C)o1. The molecule has 1 amide bonds. The Labute approximate surface area is 112 Å². The summed E-state index contributed by atoms with van der Waals surface area (Å²) in [5, 5.41) is 2.92. The maximum atomic E-state index is 12.1. The number of carbonyl (C=O) groups is 1. The van der Waals surface area contributed by atoms with Crippen molar-refractivity contribution in [3.05, 3.63) is 47.2 Å². The van der Waals surface area contributed by atoms with Gasteiger partial charge in [0.05, 0.1) is 6.20 Å². The molecular formula is C15H18N2O2. The Kier molecular flexibility index (Phi) is 3.69. The van der Waals surface area contributed by atoms with Gasteiger partial charge in [-0.25, -0.2) is 4.98 Å². The smallest absolute Gasteiger partial charge is 0.293 e. The van der Waals surface area contributed by atoms with Crippen molar-refractivity contribution < 1.29 is 9.21 Å². The minimum absolute atomic E-state index is 0.232. The van der Waals surface area contributed by atoms with E-state index < -0.39 is 0 Å². The number of nitrogens with one attached hydrogen (secondary N) is 1. The number of carbonyl (C=O) groups excluding carboxylic acids is 1. The second kappa shape index (κ2) is 5.26. The van der Waals surface area contributed by atoms with E-state index in [4.69, 9.17) is 4.42 Å². The molecule has 1 heterocycles. The zero-order chi connectivity index (χ0) is 14.0. The van der Waals surface area contributed by atoms with Crippen LogP contribution in [0.4, 0.5) is 5.69 Å². The molecule has 0 saturated heterocycles. The summed E-state index contributed by atoms with van der Waals surface area (Å²) in [7, 11) is 0. The van der Waals surface area contributed by atoms with Crippen LogP contribution in [0.15, 0.2) is 28.8 Å². The first-order chi connectivity index (χ1) is 8.99. The highest BCUT2D eigenvalue weighted by atomic mass is 16.4. The van der Waals surface area contributed by atoms with E-state index in [0.717, 1.165) is 16.8 Å². The molecule has 0 unspecified atom stereocenters. The third kappa shape index (κ3) is 2.84. The predicted octanol–water partition coefficient (Wildman–Crippen LogP) is 3.67. The molecule has 0 bridgehead atoms. The zero-order valence-corrected chi connectivity index (χ0v) is 11.7. The van der Waals surface area contributed by atoms with Gasteiger partial charge in [0.25, 0.3) is 5.91 Å². The van der Waals surface area contributed by atoms with Gasteiger partial charge >= 0.3 is 0 Å². The van der Waals surface area contributed by atoms with Crippen molar-refractivity contribution in [2.75, 3.05) is 5.32 Å². The molecule has 1 aromatic carbocycles. The lowest BCUT2D eigenvalue weighted by Crippen LogP contribution is -2.14. The first kappa shape index (κ1) is 13.3. The molecule has 1 aromatic heterocycles. The van der Waals surface area contributed by atoms with Crippen molar-refractivity contribution in [2.24, 2.45) is 0 Å². The van der Waals surface area contributed by atoms with Crippen molar-refractivity contribution in [3.8, 4) is 0 Å². The lowest BCUT2D eigenvalue weighted by atomic mass is 9.98. The number of para-hydroxylation sites is 1. The zero-order valence-electron chi connectivity index (χ0n) is 11.7. The Morgan fingerprint density at radius 2 is 2.05 bits per heavy atom. The Morgan fingerprint density at radius 3 is 2.63 bits per heavy atom. The summed E-state index contributed by atoms with van der Waals surface area (Å²) in [5.41, 5.74) is 3.01. The average molecular weight is 258 g/mol. The van der Waals surface area contributed by atoms with E-state index in [2.05, 4.69) is 24.1 Å². The normalized spacial score (nSPS) is 10.8. The fraction of sp³-hybridized carbons (Fsp3) is 0.333. The van der Waals surface area contributed by atoms with E-state index in [1.165, 1.54) is 6.20 Å². The molecule has 2 aromatic rings. The van der Waals surface area contributed by atoms with E-state index in [1.807, 2.05) is 25.1 Å². The lowest BCUT2D eigenvalue weighted by molar-refractivity contribution is 0.0995. The maximum Gasteiger partial charge on any atom is 0.293 e. The van der Waals surface area contributed by atoms with Gasteiger partial charge in [-0.3, -0.25) is 4.79 Å². The standard InChI is InChI=1S/C15H18N2O2/c1-9(2)12-7-5-6-10(3)14(12)17-15(18)13-8-16-11(4)19-13/h5-9H,1-4H3,(H,17,18). The molecule has 0 aliphatic rings. The average Bonchev–Trinajstić information content (AvgIpc) is 2.78. The highest BCUT2D eigenvalue weighted by Gasteiger charge is 2.15. The fourth-order valence-corrected chi connectivity index (χ4v) is 1.98. The van der Waals surface area contributed by atoms with Crippen LogP contribution in [0, 0.1) is 13.8 Å². The highest BCUT2D eigenvalue weighted by molar-refractivity contribution is 6.03. The van der Waals surface area contributed by atoms with Crippen LogP contribution >= 0.6 is 0 Å². The second-order valence-electron chi connectivity index (χ2n) is 4.89. The topological polar surface area (TPSA) is 55.1 Å². The van der Waals surface area contributed by atoms with E-state index in [1.54, 1.807) is 6.92 Å². The third-order valence-electron chi connectivity index (χ3n) is 3.01. The van der Waals surface area contributed by atoms with Crippen molar-refractivity contribution in [3.63, 3.8) is 0 Å². The van der Waals surface area contributed by atoms with E-state index in [9.17, 15) is 4.79 Å². The quantitative estimate of drug-likeness (QED) is 0.913. The molecule has 0 aliphatic carbocycles. The van der Waals surface area contributed by atoms with E-state index in [0.29, 0.717) is 11.8 Å². The van der Waals surface area contributed by atoms with Gasteiger partial charge in [0.1, 0.15) is 0 Å². The summed E-state index contributed by atoms with van der Waals surface area (Å²) in [6, 6.07) is 6.00. The van der Waals surface area contributed by atoms with Crippen LogP contribution in [0.25, 0.3) is 0 Å². The van der Waals surface area contributed by atoms with E-state index >= 15 is 0 Å². The largest absolute Gasteiger partial charge is 0.436 e. The highest BCUT2D eigenvalue weighted by Crippen LogP contribution is 2.27. The first-order valence-corrected chi connectivity index (χ1v) is 6.32. The molecule has 4 nitrogen and oxygen atoms in total. The number of nitrogens with zero attached hydrogens (tertiary/aromatic N) is 1. The molecule has 0 radical (unpaired) electrons. The number of hydrogen-bond acceptors (Lipinski definition) is 3. The monoisotopic (exact) mass is 258 g/mol. The van der Waals surface area contributed by atoms with Crippen molar-refractivity contribution in [2.45, 2.75) is 33.6 Å². The van der Waals surface area contributed by atoms with Gasteiger partial charge in [-0.2, -0.15) is 0 Å². The summed E-state index contributed by atoms with van der Waals surface area (Å²) in [6.07, 6.45) is 1.44. The second-order valence-corrected chi connectivity index (χ2v) is 4.89. The summed E-state index contributed by atoms with van der Waals surface area (Å²) in [5.74, 6) is 0.790. The van der Waals surface area contributed by atoms with Crippen LogP contribution in [-0.4, -0.2) is 10.9 Å². The Morgan fingerprint density at radius 1 is 1.32 bits per heavy atom. The minimum Gasteiger partial charge on any atom is -0.436 e. The van der Waals surface area contributed by atoms with Gasteiger partial charge in [0, 0.05) is 12.6 Å². The lowest BCUT2D eigenvalue weighted by Gasteiger charge is -2.15.